The summed E-state index contributed by atoms with van der Waals surface area (Å²) < 4.78 is 11.0. The molecule has 0 spiro atoms. The first-order chi connectivity index (χ1) is 9.20. The average Bonchev–Trinajstić information content (AvgIpc) is 2.93. The number of hydrogen-bond donors (Lipinski definition) is 2. The molecule has 0 aliphatic rings. The molecule has 0 radical (unpaired) electrons. The Bertz CT molecular complexity index is 537. The van der Waals surface area contributed by atoms with Gasteiger partial charge in [0.1, 0.15) is 12.4 Å². The molecule has 0 saturated heterocycles. The van der Waals surface area contributed by atoms with Crippen LogP contribution in [0.15, 0.2) is 46.9 Å². The van der Waals surface area contributed by atoms with Crippen molar-refractivity contribution < 1.29 is 13.9 Å². The lowest BCUT2D eigenvalue weighted by Crippen LogP contribution is -2.29. The summed E-state index contributed by atoms with van der Waals surface area (Å²) in [5.74, 6) is 5.32. The second-order valence-corrected chi connectivity index (χ2v) is 4.10. The van der Waals surface area contributed by atoms with Gasteiger partial charge >= 0.3 is 5.91 Å². The third kappa shape index (κ3) is 3.43. The summed E-state index contributed by atoms with van der Waals surface area (Å²) in [7, 11) is 0. The largest absolute Gasteiger partial charge is 0.453 e. The Hall–Kier alpha value is -2.11. The minimum atomic E-state index is -0.456. The highest BCUT2D eigenvalue weighted by Gasteiger charge is 2.11. The molecule has 1 aromatic heterocycles. The molecule has 1 unspecified atom stereocenters. The summed E-state index contributed by atoms with van der Waals surface area (Å²) >= 11 is 0. The van der Waals surface area contributed by atoms with E-state index in [1.807, 2.05) is 42.7 Å². The molecule has 0 aliphatic carbocycles. The quantitative estimate of drug-likeness (QED) is 0.490. The number of nitrogens with one attached hydrogen (secondary N) is 1. The van der Waals surface area contributed by atoms with Crippen molar-refractivity contribution in [3.63, 3.8) is 0 Å². The van der Waals surface area contributed by atoms with Crippen LogP contribution >= 0.6 is 0 Å². The van der Waals surface area contributed by atoms with Crippen molar-refractivity contribution in [1.29, 1.82) is 0 Å². The molecule has 1 atom stereocenters. The van der Waals surface area contributed by atoms with Crippen LogP contribution in [0, 0.1) is 0 Å². The second-order valence-electron chi connectivity index (χ2n) is 4.10. The van der Waals surface area contributed by atoms with Gasteiger partial charge in [0.2, 0.25) is 0 Å². The maximum atomic E-state index is 11.2. The van der Waals surface area contributed by atoms with Crippen molar-refractivity contribution >= 4 is 5.91 Å². The molecule has 19 heavy (non-hydrogen) atoms. The monoisotopic (exact) mass is 260 g/mol. The van der Waals surface area contributed by atoms with Crippen molar-refractivity contribution in [2.24, 2.45) is 5.84 Å². The number of rotatable bonds is 5. The second kappa shape index (κ2) is 6.17. The lowest BCUT2D eigenvalue weighted by Gasteiger charge is -2.12. The fourth-order valence-electron chi connectivity index (χ4n) is 1.68. The van der Waals surface area contributed by atoms with Crippen molar-refractivity contribution in [2.75, 3.05) is 0 Å². The number of nitrogen functional groups attached to an aromatic ring is 1. The first-order valence-electron chi connectivity index (χ1n) is 5.97. The minimum absolute atomic E-state index is 0.0434. The van der Waals surface area contributed by atoms with E-state index in [2.05, 4.69) is 0 Å². The lowest BCUT2D eigenvalue weighted by atomic mass is 10.1. The van der Waals surface area contributed by atoms with E-state index < -0.39 is 5.91 Å². The van der Waals surface area contributed by atoms with Crippen molar-refractivity contribution in [1.82, 2.24) is 5.43 Å². The van der Waals surface area contributed by atoms with Gasteiger partial charge < -0.3 is 9.15 Å². The number of hydrogen-bond acceptors (Lipinski definition) is 4. The van der Waals surface area contributed by atoms with E-state index in [0.29, 0.717) is 12.4 Å². The van der Waals surface area contributed by atoms with E-state index >= 15 is 0 Å². The SMILES string of the molecule is CC(OCc1ccc(C(=O)NN)o1)c1ccccc1. The van der Waals surface area contributed by atoms with Gasteiger partial charge in [-0.15, -0.1) is 0 Å². The lowest BCUT2D eigenvalue weighted by molar-refractivity contribution is 0.0413. The highest BCUT2D eigenvalue weighted by Crippen LogP contribution is 2.18. The van der Waals surface area contributed by atoms with Crippen molar-refractivity contribution in [3.8, 4) is 0 Å². The minimum Gasteiger partial charge on any atom is -0.453 e. The summed E-state index contributed by atoms with van der Waals surface area (Å²) in [6.45, 7) is 2.26. The molecular weight excluding hydrogens is 244 g/mol. The molecule has 0 aliphatic heterocycles. The van der Waals surface area contributed by atoms with E-state index in [4.69, 9.17) is 15.0 Å². The molecule has 1 amide bonds. The maximum Gasteiger partial charge on any atom is 0.300 e. The number of carbonyl (C=O) groups excluding carboxylic acids is 1. The van der Waals surface area contributed by atoms with Gasteiger partial charge in [0.15, 0.2) is 5.76 Å². The molecule has 3 N–H and O–H groups in total. The van der Waals surface area contributed by atoms with E-state index in [1.54, 1.807) is 12.1 Å². The summed E-state index contributed by atoms with van der Waals surface area (Å²) in [4.78, 5) is 11.2. The summed E-state index contributed by atoms with van der Waals surface area (Å²) in [5.41, 5.74) is 3.10. The Morgan fingerprint density at radius 2 is 2.05 bits per heavy atom. The van der Waals surface area contributed by atoms with Crippen LogP contribution < -0.4 is 11.3 Å². The predicted octanol–water partition coefficient (Wildman–Crippen LogP) is 2.16. The Kier molecular flexibility index (Phi) is 4.33. The molecule has 100 valence electrons. The third-order valence-electron chi connectivity index (χ3n) is 2.76. The molecule has 5 heteroatoms. The fourth-order valence-corrected chi connectivity index (χ4v) is 1.68. The smallest absolute Gasteiger partial charge is 0.300 e. The molecular formula is C14H16N2O3. The van der Waals surface area contributed by atoms with Crippen molar-refractivity contribution in [2.45, 2.75) is 19.6 Å². The van der Waals surface area contributed by atoms with Crippen LogP contribution in [0.1, 0.15) is 34.9 Å². The highest BCUT2D eigenvalue weighted by atomic mass is 16.5. The predicted molar refractivity (Wildman–Crippen MR) is 70.0 cm³/mol. The highest BCUT2D eigenvalue weighted by molar-refractivity contribution is 5.90. The molecule has 5 nitrogen and oxygen atoms in total. The Morgan fingerprint density at radius 1 is 1.32 bits per heavy atom. The van der Waals surface area contributed by atoms with E-state index in [-0.39, 0.29) is 11.9 Å². The summed E-state index contributed by atoms with van der Waals surface area (Å²) in [6.07, 6.45) is -0.0434. The average molecular weight is 260 g/mol. The number of nitrogens with two attached hydrogens (primary N) is 1. The molecule has 0 bridgehead atoms. The number of benzene rings is 1. The molecule has 0 saturated carbocycles. The van der Waals surface area contributed by atoms with Crippen LogP contribution in [-0.4, -0.2) is 5.91 Å². The van der Waals surface area contributed by atoms with Crippen molar-refractivity contribution in [3.05, 3.63) is 59.5 Å². The summed E-state index contributed by atoms with van der Waals surface area (Å²) in [5, 5.41) is 0. The zero-order chi connectivity index (χ0) is 13.7. The van der Waals surface area contributed by atoms with Crippen LogP contribution in [0.25, 0.3) is 0 Å². The van der Waals surface area contributed by atoms with Crippen LogP contribution in [0.5, 0.6) is 0 Å². The number of ether oxygens (including phenoxy) is 1. The normalized spacial score (nSPS) is 12.1. The standard InChI is InChI=1S/C14H16N2O3/c1-10(11-5-3-2-4-6-11)18-9-12-7-8-13(19-12)14(17)16-15/h2-8,10H,9,15H2,1H3,(H,16,17). The summed E-state index contributed by atoms with van der Waals surface area (Å²) in [6, 6.07) is 13.1. The Labute approximate surface area is 111 Å². The Balaban J connectivity index is 1.92. The Morgan fingerprint density at radius 3 is 2.74 bits per heavy atom. The molecule has 1 aromatic carbocycles. The molecule has 2 aromatic rings. The first kappa shape index (κ1) is 13.3. The number of carbonyl (C=O) groups is 1. The van der Waals surface area contributed by atoms with Crippen LogP contribution in [-0.2, 0) is 11.3 Å². The van der Waals surface area contributed by atoms with Gasteiger partial charge in [-0.3, -0.25) is 10.2 Å². The van der Waals surface area contributed by atoms with Gasteiger partial charge in [0.05, 0.1) is 6.10 Å². The van der Waals surface area contributed by atoms with E-state index in [0.717, 1.165) is 5.56 Å². The van der Waals surface area contributed by atoms with Crippen LogP contribution in [0.2, 0.25) is 0 Å². The van der Waals surface area contributed by atoms with Gasteiger partial charge in [-0.05, 0) is 24.6 Å². The number of hydrazine groups is 1. The van der Waals surface area contributed by atoms with Gasteiger partial charge in [0, 0.05) is 0 Å². The molecule has 1 heterocycles. The number of amides is 1. The number of furan rings is 1. The van der Waals surface area contributed by atoms with E-state index in [1.165, 1.54) is 0 Å². The zero-order valence-electron chi connectivity index (χ0n) is 10.6. The zero-order valence-corrected chi connectivity index (χ0v) is 10.6. The van der Waals surface area contributed by atoms with Crippen LogP contribution in [0.3, 0.4) is 0 Å². The molecule has 0 fully saturated rings. The van der Waals surface area contributed by atoms with Gasteiger partial charge in [0.25, 0.3) is 0 Å². The van der Waals surface area contributed by atoms with E-state index in [9.17, 15) is 4.79 Å². The fraction of sp³-hybridized carbons (Fsp3) is 0.214. The molecule has 2 rings (SSSR count). The third-order valence-corrected chi connectivity index (χ3v) is 2.76. The van der Waals surface area contributed by atoms with Gasteiger partial charge in [-0.1, -0.05) is 30.3 Å². The van der Waals surface area contributed by atoms with Crippen LogP contribution in [0.4, 0.5) is 0 Å². The first-order valence-corrected chi connectivity index (χ1v) is 5.97. The van der Waals surface area contributed by atoms with Gasteiger partial charge in [-0.25, -0.2) is 5.84 Å². The maximum absolute atomic E-state index is 11.2. The topological polar surface area (TPSA) is 77.5 Å². The van der Waals surface area contributed by atoms with Gasteiger partial charge in [-0.2, -0.15) is 0 Å².